The lowest BCUT2D eigenvalue weighted by molar-refractivity contribution is 0.102. The lowest BCUT2D eigenvalue weighted by Gasteiger charge is -2.03. The van der Waals surface area contributed by atoms with E-state index < -0.39 is 0 Å². The lowest BCUT2D eigenvalue weighted by Crippen LogP contribution is -2.11. The van der Waals surface area contributed by atoms with Gasteiger partial charge in [0.1, 0.15) is 0 Å². The summed E-state index contributed by atoms with van der Waals surface area (Å²) >= 11 is 3.32. The number of benzene rings is 3. The molecule has 0 saturated heterocycles. The predicted octanol–water partition coefficient (Wildman–Crippen LogP) is 5.91. The molecule has 3 aromatic carbocycles. The fourth-order valence-electron chi connectivity index (χ4n) is 3.80. The first kappa shape index (κ1) is 16.8. The summed E-state index contributed by atoms with van der Waals surface area (Å²) in [6.45, 7) is 2.12. The smallest absolute Gasteiger partial charge is 0.257 e. The monoisotopic (exact) mass is 390 g/mol. The Labute approximate surface area is 165 Å². The molecule has 0 aliphatic heterocycles. The Bertz CT molecular complexity index is 1180. The topological polar surface area (TPSA) is 42.0 Å². The zero-order chi connectivity index (χ0) is 18.4. The Morgan fingerprint density at radius 3 is 2.78 bits per heavy atom. The maximum Gasteiger partial charge on any atom is 0.257 e. The second-order valence-electron chi connectivity index (χ2n) is 6.65. The van der Waals surface area contributed by atoms with Crippen LogP contribution in [0.2, 0.25) is 0 Å². The number of nitrogens with zero attached hydrogens (tertiary/aromatic N) is 1. The molecular formula is C22H18N2OS2. The van der Waals surface area contributed by atoms with Gasteiger partial charge in [-0.2, -0.15) is 0 Å². The molecule has 1 aliphatic carbocycles. The number of aryl methyl sites for hydroxylation is 2. The average Bonchev–Trinajstić information content (AvgIpc) is 3.28. The second kappa shape index (κ2) is 6.66. The molecular weight excluding hydrogens is 372 g/mol. The Morgan fingerprint density at radius 1 is 1.15 bits per heavy atom. The van der Waals surface area contributed by atoms with Gasteiger partial charge in [-0.15, -0.1) is 11.8 Å². The first-order valence-corrected chi connectivity index (χ1v) is 10.9. The molecule has 1 aliphatic rings. The van der Waals surface area contributed by atoms with Gasteiger partial charge in [0.25, 0.3) is 5.91 Å². The third-order valence-corrected chi connectivity index (χ3v) is 6.81. The minimum absolute atomic E-state index is 0.112. The van der Waals surface area contributed by atoms with Gasteiger partial charge in [0.15, 0.2) is 5.13 Å². The number of amides is 1. The first-order valence-electron chi connectivity index (χ1n) is 9.11. The summed E-state index contributed by atoms with van der Waals surface area (Å²) in [5, 5.41) is 6.20. The minimum Gasteiger partial charge on any atom is -0.298 e. The molecule has 0 bridgehead atoms. The summed E-state index contributed by atoms with van der Waals surface area (Å²) in [5.74, 6) is 0.911. The normalized spacial score (nSPS) is 12.8. The molecule has 1 amide bonds. The molecule has 0 atom stereocenters. The number of fused-ring (bicyclic) bond motifs is 2. The van der Waals surface area contributed by atoms with Crippen molar-refractivity contribution >= 4 is 55.1 Å². The highest BCUT2D eigenvalue weighted by Crippen LogP contribution is 2.39. The van der Waals surface area contributed by atoms with Crippen molar-refractivity contribution in [2.24, 2.45) is 0 Å². The zero-order valence-corrected chi connectivity index (χ0v) is 16.5. The number of hydrogen-bond acceptors (Lipinski definition) is 4. The zero-order valence-electron chi connectivity index (χ0n) is 14.9. The number of thiazole rings is 1. The number of nitrogens with one attached hydrogen (secondary N) is 1. The van der Waals surface area contributed by atoms with Crippen LogP contribution < -0.4 is 5.32 Å². The van der Waals surface area contributed by atoms with Crippen LogP contribution in [-0.2, 0) is 12.8 Å². The molecule has 0 spiro atoms. The molecule has 0 saturated carbocycles. The highest BCUT2D eigenvalue weighted by molar-refractivity contribution is 7.99. The molecule has 1 N–H and O–H groups in total. The Morgan fingerprint density at radius 2 is 1.96 bits per heavy atom. The van der Waals surface area contributed by atoms with Crippen LogP contribution in [0.25, 0.3) is 21.0 Å². The molecule has 1 heterocycles. The molecule has 5 heteroatoms. The van der Waals surface area contributed by atoms with Gasteiger partial charge in [0.05, 0.1) is 10.2 Å². The van der Waals surface area contributed by atoms with Crippen molar-refractivity contribution in [1.82, 2.24) is 4.98 Å². The number of carbonyl (C=O) groups is 1. The Balaban J connectivity index is 1.48. The van der Waals surface area contributed by atoms with Gasteiger partial charge in [-0.25, -0.2) is 4.98 Å². The van der Waals surface area contributed by atoms with E-state index in [1.165, 1.54) is 26.8 Å². The van der Waals surface area contributed by atoms with E-state index in [-0.39, 0.29) is 5.91 Å². The van der Waals surface area contributed by atoms with Crippen molar-refractivity contribution in [2.75, 3.05) is 11.1 Å². The molecule has 0 unspecified atom stereocenters. The molecule has 1 aromatic heterocycles. The number of aromatic nitrogens is 1. The van der Waals surface area contributed by atoms with Crippen molar-refractivity contribution in [3.05, 3.63) is 65.2 Å². The molecule has 0 fully saturated rings. The Hall–Kier alpha value is -2.37. The van der Waals surface area contributed by atoms with Crippen LogP contribution in [0.1, 0.15) is 28.4 Å². The maximum absolute atomic E-state index is 12.6. The standard InChI is InChI=1S/C22H18N2OS2/c1-2-26-16-10-8-14(9-11-16)21(25)24-22-23-20-17-5-3-4-13-6-7-15(19(13)17)12-18(20)27-22/h3-5,8-12H,2,6-7H2,1H3,(H,23,24,25). The fourth-order valence-corrected chi connectivity index (χ4v) is 5.40. The maximum atomic E-state index is 12.6. The van der Waals surface area contributed by atoms with Crippen LogP contribution in [0.3, 0.4) is 0 Å². The summed E-state index contributed by atoms with van der Waals surface area (Å²) in [6.07, 6.45) is 2.20. The van der Waals surface area contributed by atoms with Crippen molar-refractivity contribution in [1.29, 1.82) is 0 Å². The Kier molecular flexibility index (Phi) is 4.14. The lowest BCUT2D eigenvalue weighted by atomic mass is 10.0. The second-order valence-corrected chi connectivity index (χ2v) is 9.02. The highest BCUT2D eigenvalue weighted by Gasteiger charge is 2.19. The van der Waals surface area contributed by atoms with Crippen molar-refractivity contribution in [3.63, 3.8) is 0 Å². The number of hydrogen-bond donors (Lipinski definition) is 1. The molecule has 5 rings (SSSR count). The van der Waals surface area contributed by atoms with E-state index in [9.17, 15) is 4.79 Å². The number of carbonyl (C=O) groups excluding carboxylic acids is 1. The van der Waals surface area contributed by atoms with Crippen LogP contribution in [0.15, 0.2) is 53.4 Å². The van der Waals surface area contributed by atoms with Gasteiger partial charge in [-0.1, -0.05) is 36.5 Å². The highest BCUT2D eigenvalue weighted by atomic mass is 32.2. The van der Waals surface area contributed by atoms with Crippen molar-refractivity contribution in [3.8, 4) is 0 Å². The summed E-state index contributed by atoms with van der Waals surface area (Å²) in [7, 11) is 0. The van der Waals surface area contributed by atoms with Crippen molar-refractivity contribution in [2.45, 2.75) is 24.7 Å². The summed E-state index contributed by atoms with van der Waals surface area (Å²) in [5.41, 5.74) is 4.46. The van der Waals surface area contributed by atoms with Crippen molar-refractivity contribution < 1.29 is 4.79 Å². The minimum atomic E-state index is -0.112. The summed E-state index contributed by atoms with van der Waals surface area (Å²) in [6, 6.07) is 16.4. The fraction of sp³-hybridized carbons (Fsp3) is 0.182. The van der Waals surface area contributed by atoms with Gasteiger partial charge >= 0.3 is 0 Å². The molecule has 27 heavy (non-hydrogen) atoms. The van der Waals surface area contributed by atoms with E-state index >= 15 is 0 Å². The van der Waals surface area contributed by atoms with E-state index in [0.29, 0.717) is 10.7 Å². The molecule has 0 radical (unpaired) electrons. The quantitative estimate of drug-likeness (QED) is 0.440. The van der Waals surface area contributed by atoms with E-state index in [0.717, 1.165) is 28.8 Å². The SMILES string of the molecule is CCSc1ccc(C(=O)Nc2nc3c(cc4c5c(cccc53)CC4)s2)cc1. The summed E-state index contributed by atoms with van der Waals surface area (Å²) < 4.78 is 1.14. The van der Waals surface area contributed by atoms with Gasteiger partial charge < -0.3 is 0 Å². The number of thioether (sulfide) groups is 1. The van der Waals surface area contributed by atoms with E-state index in [1.807, 2.05) is 24.3 Å². The van der Waals surface area contributed by atoms with Crippen LogP contribution in [-0.4, -0.2) is 16.6 Å². The first-order chi connectivity index (χ1) is 13.2. The van der Waals surface area contributed by atoms with Gasteiger partial charge in [-0.05, 0) is 65.4 Å². The third kappa shape index (κ3) is 2.91. The van der Waals surface area contributed by atoms with E-state index in [2.05, 4.69) is 36.5 Å². The van der Waals surface area contributed by atoms with Gasteiger partial charge in [-0.3, -0.25) is 10.1 Å². The van der Waals surface area contributed by atoms with Gasteiger partial charge in [0, 0.05) is 15.8 Å². The summed E-state index contributed by atoms with van der Waals surface area (Å²) in [4.78, 5) is 18.5. The van der Waals surface area contributed by atoms with Gasteiger partial charge in [0.2, 0.25) is 0 Å². The molecule has 134 valence electrons. The van der Waals surface area contributed by atoms with Crippen LogP contribution >= 0.6 is 23.1 Å². The largest absolute Gasteiger partial charge is 0.298 e. The number of rotatable bonds is 4. The molecule has 4 aromatic rings. The van der Waals surface area contributed by atoms with Crippen LogP contribution in [0.5, 0.6) is 0 Å². The number of anilines is 1. The van der Waals surface area contributed by atoms with E-state index in [4.69, 9.17) is 4.98 Å². The average molecular weight is 391 g/mol. The van der Waals surface area contributed by atoms with E-state index in [1.54, 1.807) is 23.1 Å². The molecule has 3 nitrogen and oxygen atoms in total. The third-order valence-electron chi connectivity index (χ3n) is 5.00. The van der Waals surface area contributed by atoms with Crippen LogP contribution in [0.4, 0.5) is 5.13 Å². The van der Waals surface area contributed by atoms with Crippen LogP contribution in [0, 0.1) is 0 Å². The predicted molar refractivity (Wildman–Crippen MR) is 115 cm³/mol.